The highest BCUT2D eigenvalue weighted by molar-refractivity contribution is 7.81. The molecular weight excluding hydrogens is 176 g/mol. The molecule has 1 nitrogen and oxygen atoms in total. The van der Waals surface area contributed by atoms with E-state index in [1.165, 1.54) is 6.92 Å². The molecule has 0 aliphatic carbocycles. The molecule has 0 atom stereocenters. The van der Waals surface area contributed by atoms with Crippen LogP contribution in [-0.2, 0) is 0 Å². The van der Waals surface area contributed by atoms with Gasteiger partial charge in [0.1, 0.15) is 0 Å². The number of hydrogen-bond acceptors (Lipinski definition) is 3. The van der Waals surface area contributed by atoms with Crippen LogP contribution >= 0.6 is 25.3 Å². The number of rotatable bonds is 1. The summed E-state index contributed by atoms with van der Waals surface area (Å²) < 4.78 is 0. The number of ketones is 1. The number of Topliss-reactive ketones (excluding diaryl/α,β-unsaturated/α-hetero) is 1. The summed E-state index contributed by atoms with van der Waals surface area (Å²) in [6, 6.07) is 5.25. The number of thiol groups is 2. The predicted molar refractivity (Wildman–Crippen MR) is 51.0 cm³/mol. The van der Waals surface area contributed by atoms with E-state index >= 15 is 0 Å². The number of carbonyl (C=O) groups excluding carboxylic acids is 1. The van der Waals surface area contributed by atoms with Crippen molar-refractivity contribution in [1.29, 1.82) is 0 Å². The van der Waals surface area contributed by atoms with Gasteiger partial charge in [-0.15, -0.1) is 25.3 Å². The average molecular weight is 184 g/mol. The highest BCUT2D eigenvalue weighted by atomic mass is 32.1. The van der Waals surface area contributed by atoms with Crippen molar-refractivity contribution in [2.75, 3.05) is 0 Å². The molecule has 0 N–H and O–H groups in total. The zero-order valence-corrected chi connectivity index (χ0v) is 7.82. The van der Waals surface area contributed by atoms with Gasteiger partial charge in [-0.1, -0.05) is 0 Å². The minimum atomic E-state index is 0.0381. The summed E-state index contributed by atoms with van der Waals surface area (Å²) in [4.78, 5) is 12.4. The van der Waals surface area contributed by atoms with Gasteiger partial charge in [-0.3, -0.25) is 4.79 Å². The molecule has 3 heteroatoms. The SMILES string of the molecule is CC(=O)c1cc(S)cc(S)c1. The van der Waals surface area contributed by atoms with Crippen molar-refractivity contribution in [3.8, 4) is 0 Å². The molecule has 0 radical (unpaired) electrons. The normalized spacial score (nSPS) is 9.73. The smallest absolute Gasteiger partial charge is 0.159 e. The fourth-order valence-corrected chi connectivity index (χ4v) is 1.46. The first kappa shape index (κ1) is 8.68. The van der Waals surface area contributed by atoms with Gasteiger partial charge in [0.2, 0.25) is 0 Å². The van der Waals surface area contributed by atoms with Gasteiger partial charge >= 0.3 is 0 Å². The molecule has 0 saturated heterocycles. The summed E-state index contributed by atoms with van der Waals surface area (Å²) in [5, 5.41) is 0. The molecule has 0 spiro atoms. The van der Waals surface area contributed by atoms with Gasteiger partial charge in [-0.2, -0.15) is 0 Å². The second-order valence-electron chi connectivity index (χ2n) is 2.29. The van der Waals surface area contributed by atoms with E-state index < -0.39 is 0 Å². The Morgan fingerprint density at radius 3 is 2.00 bits per heavy atom. The molecule has 0 unspecified atom stereocenters. The molecule has 58 valence electrons. The van der Waals surface area contributed by atoms with Crippen LogP contribution < -0.4 is 0 Å². The Kier molecular flexibility index (Phi) is 2.62. The van der Waals surface area contributed by atoms with Crippen molar-refractivity contribution >= 4 is 31.0 Å². The van der Waals surface area contributed by atoms with Crippen molar-refractivity contribution in [2.24, 2.45) is 0 Å². The molecule has 0 aliphatic heterocycles. The van der Waals surface area contributed by atoms with E-state index in [0.717, 1.165) is 9.79 Å². The van der Waals surface area contributed by atoms with E-state index in [4.69, 9.17) is 0 Å². The summed E-state index contributed by atoms with van der Waals surface area (Å²) in [7, 11) is 0. The zero-order valence-electron chi connectivity index (χ0n) is 6.03. The van der Waals surface area contributed by atoms with E-state index in [0.29, 0.717) is 5.56 Å². The number of hydrogen-bond donors (Lipinski definition) is 2. The Morgan fingerprint density at radius 2 is 1.64 bits per heavy atom. The Labute approximate surface area is 76.6 Å². The molecule has 1 aromatic carbocycles. The van der Waals surface area contributed by atoms with Crippen LogP contribution in [0, 0.1) is 0 Å². The van der Waals surface area contributed by atoms with E-state index in [-0.39, 0.29) is 5.78 Å². The lowest BCUT2D eigenvalue weighted by molar-refractivity contribution is 0.101. The van der Waals surface area contributed by atoms with Crippen LogP contribution in [0.5, 0.6) is 0 Å². The van der Waals surface area contributed by atoms with Gasteiger partial charge in [0.15, 0.2) is 5.78 Å². The van der Waals surface area contributed by atoms with Gasteiger partial charge in [0.05, 0.1) is 0 Å². The molecule has 11 heavy (non-hydrogen) atoms. The summed E-state index contributed by atoms with van der Waals surface area (Å²) in [6.07, 6.45) is 0. The first-order valence-corrected chi connectivity index (χ1v) is 4.03. The van der Waals surface area contributed by atoms with Crippen LogP contribution in [0.1, 0.15) is 17.3 Å². The van der Waals surface area contributed by atoms with Crippen molar-refractivity contribution in [3.63, 3.8) is 0 Å². The molecule has 0 fully saturated rings. The highest BCUT2D eigenvalue weighted by Crippen LogP contribution is 2.16. The Morgan fingerprint density at radius 1 is 1.18 bits per heavy atom. The third-order valence-electron chi connectivity index (χ3n) is 1.31. The topological polar surface area (TPSA) is 17.1 Å². The van der Waals surface area contributed by atoms with Gasteiger partial charge in [0.25, 0.3) is 0 Å². The second kappa shape index (κ2) is 3.32. The Hall–Kier alpha value is -0.410. The van der Waals surface area contributed by atoms with Crippen LogP contribution in [0.3, 0.4) is 0 Å². The van der Waals surface area contributed by atoms with Crippen LogP contribution in [0.4, 0.5) is 0 Å². The lowest BCUT2D eigenvalue weighted by Gasteiger charge is -1.98. The van der Waals surface area contributed by atoms with E-state index in [9.17, 15) is 4.79 Å². The highest BCUT2D eigenvalue weighted by Gasteiger charge is 2.00. The summed E-state index contributed by atoms with van der Waals surface area (Å²) in [5.41, 5.74) is 0.655. The molecule has 1 rings (SSSR count). The molecule has 0 aliphatic rings. The van der Waals surface area contributed by atoms with Crippen molar-refractivity contribution in [1.82, 2.24) is 0 Å². The second-order valence-corrected chi connectivity index (χ2v) is 3.33. The molecule has 0 aromatic heterocycles. The minimum absolute atomic E-state index is 0.0381. The third kappa shape index (κ3) is 2.27. The predicted octanol–water partition coefficient (Wildman–Crippen LogP) is 2.47. The van der Waals surface area contributed by atoms with Crippen LogP contribution in [0.25, 0.3) is 0 Å². The Bertz CT molecular complexity index is 274. The largest absolute Gasteiger partial charge is 0.295 e. The molecule has 0 amide bonds. The minimum Gasteiger partial charge on any atom is -0.295 e. The van der Waals surface area contributed by atoms with Crippen LogP contribution in [0.15, 0.2) is 28.0 Å². The van der Waals surface area contributed by atoms with Crippen molar-refractivity contribution in [2.45, 2.75) is 16.7 Å². The van der Waals surface area contributed by atoms with Gasteiger partial charge in [0, 0.05) is 15.4 Å². The lowest BCUT2D eigenvalue weighted by atomic mass is 10.1. The van der Waals surface area contributed by atoms with Crippen molar-refractivity contribution in [3.05, 3.63) is 23.8 Å². The molecule has 0 heterocycles. The third-order valence-corrected chi connectivity index (χ3v) is 1.83. The summed E-state index contributed by atoms with van der Waals surface area (Å²) >= 11 is 8.23. The van der Waals surface area contributed by atoms with E-state index in [2.05, 4.69) is 25.3 Å². The monoisotopic (exact) mass is 184 g/mol. The molecular formula is C8H8OS2. The maximum atomic E-state index is 10.9. The quantitative estimate of drug-likeness (QED) is 0.506. The molecule has 0 bridgehead atoms. The zero-order chi connectivity index (χ0) is 8.43. The molecule has 0 saturated carbocycles. The van der Waals surface area contributed by atoms with Crippen molar-refractivity contribution < 1.29 is 4.79 Å². The van der Waals surface area contributed by atoms with Gasteiger partial charge in [-0.25, -0.2) is 0 Å². The van der Waals surface area contributed by atoms with Crippen LogP contribution in [0.2, 0.25) is 0 Å². The van der Waals surface area contributed by atoms with E-state index in [1.54, 1.807) is 18.2 Å². The van der Waals surface area contributed by atoms with Gasteiger partial charge < -0.3 is 0 Å². The average Bonchev–Trinajstić information content (AvgIpc) is 1.85. The number of benzene rings is 1. The first-order chi connectivity index (χ1) is 5.09. The lowest BCUT2D eigenvalue weighted by Crippen LogP contribution is -1.91. The Balaban J connectivity index is 3.19. The molecule has 1 aromatic rings. The fraction of sp³-hybridized carbons (Fsp3) is 0.125. The fourth-order valence-electron chi connectivity index (χ4n) is 0.798. The van der Waals surface area contributed by atoms with Gasteiger partial charge in [-0.05, 0) is 25.1 Å². The van der Waals surface area contributed by atoms with E-state index in [1.807, 2.05) is 0 Å². The first-order valence-electron chi connectivity index (χ1n) is 3.13. The summed E-state index contributed by atoms with van der Waals surface area (Å²) in [5.74, 6) is 0.0381. The maximum absolute atomic E-state index is 10.9. The standard InChI is InChI=1S/C8H8OS2/c1-5(9)6-2-7(10)4-8(11)3-6/h2-4,10-11H,1H3. The van der Waals surface area contributed by atoms with Crippen LogP contribution in [-0.4, -0.2) is 5.78 Å². The maximum Gasteiger partial charge on any atom is 0.159 e. The summed E-state index contributed by atoms with van der Waals surface area (Å²) in [6.45, 7) is 1.52. The number of carbonyl (C=O) groups is 1.